The number of fused-ring (bicyclic) bond motifs is 1. The van der Waals surface area contributed by atoms with Gasteiger partial charge in [-0.2, -0.15) is 0 Å². The second-order valence-corrected chi connectivity index (χ2v) is 6.06. The van der Waals surface area contributed by atoms with Crippen LogP contribution in [0.2, 0.25) is 0 Å². The van der Waals surface area contributed by atoms with E-state index in [1.807, 2.05) is 19.2 Å². The average Bonchev–Trinajstić information content (AvgIpc) is 2.81. The first-order valence-corrected chi connectivity index (χ1v) is 7.47. The van der Waals surface area contributed by atoms with E-state index in [2.05, 4.69) is 23.3 Å². The number of benzene rings is 1. The second-order valence-electron chi connectivity index (χ2n) is 6.06. The van der Waals surface area contributed by atoms with Crippen LogP contribution in [0.4, 0.5) is 0 Å². The van der Waals surface area contributed by atoms with Crippen molar-refractivity contribution in [3.8, 4) is 0 Å². The lowest BCUT2D eigenvalue weighted by Gasteiger charge is -2.32. The number of aromatic amines is 1. The summed E-state index contributed by atoms with van der Waals surface area (Å²) in [5.74, 6) is 1.14. The lowest BCUT2D eigenvalue weighted by atomic mass is 9.77. The van der Waals surface area contributed by atoms with E-state index in [-0.39, 0.29) is 5.76 Å². The Balaban J connectivity index is 1.88. The van der Waals surface area contributed by atoms with Gasteiger partial charge in [0.15, 0.2) is 5.58 Å². The molecule has 0 amide bonds. The molecule has 3 rings (SSSR count). The van der Waals surface area contributed by atoms with E-state index >= 15 is 0 Å². The molecule has 1 atom stereocenters. The third-order valence-corrected chi connectivity index (χ3v) is 4.65. The van der Waals surface area contributed by atoms with Crippen molar-refractivity contribution in [3.05, 3.63) is 34.3 Å². The minimum Gasteiger partial charge on any atom is -0.408 e. The van der Waals surface area contributed by atoms with Crippen molar-refractivity contribution in [2.45, 2.75) is 38.6 Å². The molecule has 1 heterocycles. The van der Waals surface area contributed by atoms with Crippen LogP contribution in [0.1, 0.15) is 44.2 Å². The second kappa shape index (κ2) is 5.44. The quantitative estimate of drug-likeness (QED) is 0.903. The fourth-order valence-electron chi connectivity index (χ4n) is 3.45. The topological polar surface area (TPSA) is 58.0 Å². The van der Waals surface area contributed by atoms with Crippen molar-refractivity contribution in [1.29, 1.82) is 0 Å². The lowest BCUT2D eigenvalue weighted by molar-refractivity contribution is 0.238. The van der Waals surface area contributed by atoms with Crippen LogP contribution in [-0.2, 0) is 0 Å². The minimum atomic E-state index is -0.385. The van der Waals surface area contributed by atoms with Crippen molar-refractivity contribution in [1.82, 2.24) is 10.3 Å². The van der Waals surface area contributed by atoms with Gasteiger partial charge >= 0.3 is 5.76 Å². The van der Waals surface area contributed by atoms with Gasteiger partial charge in [0.1, 0.15) is 0 Å². The predicted octanol–water partition coefficient (Wildman–Crippen LogP) is 3.21. The highest BCUT2D eigenvalue weighted by molar-refractivity contribution is 5.72. The van der Waals surface area contributed by atoms with Crippen molar-refractivity contribution in [2.24, 2.45) is 11.8 Å². The van der Waals surface area contributed by atoms with Gasteiger partial charge in [-0.1, -0.05) is 25.8 Å². The molecule has 2 N–H and O–H groups in total. The highest BCUT2D eigenvalue weighted by Crippen LogP contribution is 2.37. The lowest BCUT2D eigenvalue weighted by Crippen LogP contribution is -2.28. The zero-order chi connectivity index (χ0) is 14.1. The Labute approximate surface area is 118 Å². The molecule has 1 aliphatic rings. The van der Waals surface area contributed by atoms with Crippen molar-refractivity contribution >= 4 is 11.1 Å². The van der Waals surface area contributed by atoms with E-state index in [1.165, 1.54) is 31.2 Å². The molecule has 108 valence electrons. The summed E-state index contributed by atoms with van der Waals surface area (Å²) in [6, 6.07) is 6.36. The standard InChI is InChI=1S/C16H22N2O2/c1-10-3-5-11(6-4-10)15(17-2)12-7-8-13-14(9-12)20-16(19)18-13/h7-11,15,17H,3-6H2,1-2H3,(H,18,19). The molecule has 1 aromatic carbocycles. The van der Waals surface area contributed by atoms with Crippen LogP contribution in [0.15, 0.2) is 27.4 Å². The molecule has 4 heteroatoms. The summed E-state index contributed by atoms with van der Waals surface area (Å²) >= 11 is 0. The fourth-order valence-corrected chi connectivity index (χ4v) is 3.45. The monoisotopic (exact) mass is 274 g/mol. The van der Waals surface area contributed by atoms with Gasteiger partial charge in [-0.05, 0) is 49.4 Å². The Morgan fingerprint density at radius 3 is 2.75 bits per heavy atom. The molecule has 1 unspecified atom stereocenters. The summed E-state index contributed by atoms with van der Waals surface area (Å²) in [6.07, 6.45) is 5.15. The molecule has 0 radical (unpaired) electrons. The van der Waals surface area contributed by atoms with Gasteiger partial charge in [0.2, 0.25) is 0 Å². The largest absolute Gasteiger partial charge is 0.417 e. The van der Waals surface area contributed by atoms with Gasteiger partial charge in [-0.25, -0.2) is 4.79 Å². The fraction of sp³-hybridized carbons (Fsp3) is 0.562. The molecular weight excluding hydrogens is 252 g/mol. The number of nitrogens with one attached hydrogen (secondary N) is 2. The predicted molar refractivity (Wildman–Crippen MR) is 79.8 cm³/mol. The van der Waals surface area contributed by atoms with E-state index in [9.17, 15) is 4.79 Å². The van der Waals surface area contributed by atoms with E-state index in [0.29, 0.717) is 17.5 Å². The van der Waals surface area contributed by atoms with Crippen LogP contribution in [0.5, 0.6) is 0 Å². The molecule has 1 aliphatic carbocycles. The van der Waals surface area contributed by atoms with Gasteiger partial charge in [0.05, 0.1) is 5.52 Å². The number of hydrogen-bond donors (Lipinski definition) is 2. The van der Waals surface area contributed by atoms with Gasteiger partial charge in [0, 0.05) is 6.04 Å². The number of oxazole rings is 1. The molecular formula is C16H22N2O2. The van der Waals surface area contributed by atoms with Crippen LogP contribution >= 0.6 is 0 Å². The first-order valence-electron chi connectivity index (χ1n) is 7.47. The minimum absolute atomic E-state index is 0.340. The maximum absolute atomic E-state index is 11.2. The molecule has 0 spiro atoms. The smallest absolute Gasteiger partial charge is 0.408 e. The third-order valence-electron chi connectivity index (χ3n) is 4.65. The molecule has 1 aromatic heterocycles. The van der Waals surface area contributed by atoms with Crippen LogP contribution in [-0.4, -0.2) is 12.0 Å². The summed E-state index contributed by atoms with van der Waals surface area (Å²) in [6.45, 7) is 2.34. The molecule has 20 heavy (non-hydrogen) atoms. The van der Waals surface area contributed by atoms with Gasteiger partial charge < -0.3 is 9.73 Å². The number of hydrogen-bond acceptors (Lipinski definition) is 3. The Bertz CT molecular complexity index is 635. The highest BCUT2D eigenvalue weighted by Gasteiger charge is 2.26. The highest BCUT2D eigenvalue weighted by atomic mass is 16.4. The molecule has 4 nitrogen and oxygen atoms in total. The maximum atomic E-state index is 11.2. The van der Waals surface area contributed by atoms with E-state index in [1.54, 1.807) is 0 Å². The molecule has 0 aliphatic heterocycles. The summed E-state index contributed by atoms with van der Waals surface area (Å²) in [4.78, 5) is 13.9. The first-order chi connectivity index (χ1) is 9.67. The molecule has 0 bridgehead atoms. The first kappa shape index (κ1) is 13.4. The van der Waals surface area contributed by atoms with Crippen LogP contribution in [0.3, 0.4) is 0 Å². The number of aromatic nitrogens is 1. The zero-order valence-corrected chi connectivity index (χ0v) is 12.1. The van der Waals surface area contributed by atoms with E-state index in [0.717, 1.165) is 11.4 Å². The van der Waals surface area contributed by atoms with E-state index < -0.39 is 0 Å². The van der Waals surface area contributed by atoms with Crippen molar-refractivity contribution in [2.75, 3.05) is 7.05 Å². The number of H-pyrrole nitrogens is 1. The van der Waals surface area contributed by atoms with Crippen molar-refractivity contribution < 1.29 is 4.42 Å². The Kier molecular flexibility index (Phi) is 3.66. The van der Waals surface area contributed by atoms with Gasteiger partial charge in [-0.3, -0.25) is 4.98 Å². The summed E-state index contributed by atoms with van der Waals surface area (Å²) < 4.78 is 5.17. The zero-order valence-electron chi connectivity index (χ0n) is 12.1. The average molecular weight is 274 g/mol. The normalized spacial score (nSPS) is 24.9. The summed E-state index contributed by atoms with van der Waals surface area (Å²) in [5, 5.41) is 3.44. The van der Waals surface area contributed by atoms with Gasteiger partial charge in [-0.15, -0.1) is 0 Å². The SMILES string of the molecule is CNC(c1ccc2[nH]c(=O)oc2c1)C1CCC(C)CC1. The van der Waals surface area contributed by atoms with Gasteiger partial charge in [0.25, 0.3) is 0 Å². The number of rotatable bonds is 3. The summed E-state index contributed by atoms with van der Waals surface area (Å²) in [7, 11) is 2.01. The molecule has 2 aromatic rings. The van der Waals surface area contributed by atoms with Crippen LogP contribution < -0.4 is 11.1 Å². The Hall–Kier alpha value is -1.55. The summed E-state index contributed by atoms with van der Waals surface area (Å²) in [5.41, 5.74) is 2.63. The van der Waals surface area contributed by atoms with Crippen molar-refractivity contribution in [3.63, 3.8) is 0 Å². The Morgan fingerprint density at radius 1 is 1.30 bits per heavy atom. The maximum Gasteiger partial charge on any atom is 0.417 e. The molecule has 1 fully saturated rings. The van der Waals surface area contributed by atoms with E-state index in [4.69, 9.17) is 4.42 Å². The molecule has 1 saturated carbocycles. The van der Waals surface area contributed by atoms with Crippen LogP contribution in [0.25, 0.3) is 11.1 Å². The third kappa shape index (κ3) is 2.52. The Morgan fingerprint density at radius 2 is 2.05 bits per heavy atom. The van der Waals surface area contributed by atoms with Crippen LogP contribution in [0, 0.1) is 11.8 Å². The molecule has 0 saturated heterocycles.